The third-order valence-electron chi connectivity index (χ3n) is 3.72. The zero-order valence-corrected chi connectivity index (χ0v) is 16.0. The van der Waals surface area contributed by atoms with Crippen molar-refractivity contribution in [3.63, 3.8) is 0 Å². The standard InChI is InChI=1S/C19H18FN3OS2/c1-12(2)14-8-6-13(7-9-14)11-25-19-23-22-18(26-19)21-17(24)15-4-3-5-16(20)10-15/h3-10,12H,11H2,1-2H3,(H,21,22,24). The second-order valence-electron chi connectivity index (χ2n) is 6.02. The summed E-state index contributed by atoms with van der Waals surface area (Å²) in [5.41, 5.74) is 2.77. The molecule has 3 rings (SSSR count). The van der Waals surface area contributed by atoms with Crippen LogP contribution in [0.3, 0.4) is 0 Å². The summed E-state index contributed by atoms with van der Waals surface area (Å²) in [6, 6.07) is 14.1. The number of thioether (sulfide) groups is 1. The Hall–Kier alpha value is -2.25. The minimum atomic E-state index is -0.449. The Bertz CT molecular complexity index is 894. The Morgan fingerprint density at radius 3 is 2.65 bits per heavy atom. The lowest BCUT2D eigenvalue weighted by Gasteiger charge is -2.06. The van der Waals surface area contributed by atoms with E-state index < -0.39 is 11.7 Å². The van der Waals surface area contributed by atoms with E-state index in [4.69, 9.17) is 0 Å². The average molecular weight is 388 g/mol. The van der Waals surface area contributed by atoms with Crippen molar-refractivity contribution in [1.82, 2.24) is 10.2 Å². The number of amides is 1. The van der Waals surface area contributed by atoms with Gasteiger partial charge in [-0.15, -0.1) is 10.2 Å². The van der Waals surface area contributed by atoms with E-state index in [-0.39, 0.29) is 5.56 Å². The molecule has 0 saturated carbocycles. The zero-order valence-electron chi connectivity index (χ0n) is 14.4. The summed E-state index contributed by atoms with van der Waals surface area (Å²) in [5, 5.41) is 11.1. The Morgan fingerprint density at radius 2 is 1.96 bits per heavy atom. The number of nitrogens with one attached hydrogen (secondary N) is 1. The van der Waals surface area contributed by atoms with Gasteiger partial charge >= 0.3 is 0 Å². The number of anilines is 1. The molecule has 1 N–H and O–H groups in total. The van der Waals surface area contributed by atoms with Crippen molar-refractivity contribution in [3.8, 4) is 0 Å². The van der Waals surface area contributed by atoms with Gasteiger partial charge in [-0.1, -0.05) is 67.3 Å². The van der Waals surface area contributed by atoms with Gasteiger partial charge in [0.1, 0.15) is 5.82 Å². The monoisotopic (exact) mass is 387 g/mol. The summed E-state index contributed by atoms with van der Waals surface area (Å²) >= 11 is 2.87. The second-order valence-corrected chi connectivity index (χ2v) is 8.22. The first-order chi connectivity index (χ1) is 12.5. The van der Waals surface area contributed by atoms with Gasteiger partial charge in [-0.05, 0) is 35.2 Å². The third-order valence-corrected chi connectivity index (χ3v) is 5.77. The van der Waals surface area contributed by atoms with Crippen LogP contribution in [0.15, 0.2) is 52.9 Å². The summed E-state index contributed by atoms with van der Waals surface area (Å²) in [7, 11) is 0. The number of aromatic nitrogens is 2. The molecule has 7 heteroatoms. The van der Waals surface area contributed by atoms with Crippen LogP contribution in [0.1, 0.15) is 41.3 Å². The number of rotatable bonds is 6. The fourth-order valence-corrected chi connectivity index (χ4v) is 3.96. The average Bonchev–Trinajstić information content (AvgIpc) is 3.07. The van der Waals surface area contributed by atoms with E-state index in [9.17, 15) is 9.18 Å². The predicted molar refractivity (Wildman–Crippen MR) is 104 cm³/mol. The van der Waals surface area contributed by atoms with Crippen LogP contribution in [0, 0.1) is 5.82 Å². The maximum Gasteiger partial charge on any atom is 0.257 e. The van der Waals surface area contributed by atoms with Crippen LogP contribution in [0.5, 0.6) is 0 Å². The van der Waals surface area contributed by atoms with Gasteiger partial charge in [0.25, 0.3) is 5.91 Å². The molecule has 134 valence electrons. The highest BCUT2D eigenvalue weighted by Gasteiger charge is 2.11. The first-order valence-electron chi connectivity index (χ1n) is 8.13. The summed E-state index contributed by atoms with van der Waals surface area (Å²) < 4.78 is 14.0. The van der Waals surface area contributed by atoms with E-state index in [1.165, 1.54) is 40.7 Å². The summed E-state index contributed by atoms with van der Waals surface area (Å²) in [5.74, 6) is 0.449. The lowest BCUT2D eigenvalue weighted by Crippen LogP contribution is -2.11. The molecule has 3 aromatic rings. The minimum absolute atomic E-state index is 0.250. The van der Waals surface area contributed by atoms with Crippen molar-refractivity contribution in [3.05, 3.63) is 71.0 Å². The molecule has 0 saturated heterocycles. The van der Waals surface area contributed by atoms with Gasteiger partial charge in [0, 0.05) is 11.3 Å². The molecule has 0 aliphatic carbocycles. The van der Waals surface area contributed by atoms with Crippen molar-refractivity contribution in [2.24, 2.45) is 0 Å². The maximum atomic E-state index is 13.2. The lowest BCUT2D eigenvalue weighted by atomic mass is 10.0. The van der Waals surface area contributed by atoms with Crippen molar-refractivity contribution in [2.45, 2.75) is 29.9 Å². The van der Waals surface area contributed by atoms with E-state index in [0.29, 0.717) is 11.0 Å². The highest BCUT2D eigenvalue weighted by atomic mass is 32.2. The van der Waals surface area contributed by atoms with Crippen LogP contribution in [0.4, 0.5) is 9.52 Å². The van der Waals surface area contributed by atoms with E-state index >= 15 is 0 Å². The van der Waals surface area contributed by atoms with Crippen molar-refractivity contribution in [2.75, 3.05) is 5.32 Å². The molecular weight excluding hydrogens is 369 g/mol. The highest BCUT2D eigenvalue weighted by Crippen LogP contribution is 2.29. The van der Waals surface area contributed by atoms with Gasteiger partial charge in [-0.2, -0.15) is 0 Å². The Labute approximate surface area is 159 Å². The Balaban J connectivity index is 1.57. The van der Waals surface area contributed by atoms with Crippen molar-refractivity contribution in [1.29, 1.82) is 0 Å². The van der Waals surface area contributed by atoms with Crippen LogP contribution >= 0.6 is 23.1 Å². The number of hydrogen-bond acceptors (Lipinski definition) is 5. The molecule has 4 nitrogen and oxygen atoms in total. The van der Waals surface area contributed by atoms with Crippen LogP contribution in [0.2, 0.25) is 0 Å². The van der Waals surface area contributed by atoms with Crippen LogP contribution in [0.25, 0.3) is 0 Å². The van der Waals surface area contributed by atoms with Gasteiger partial charge in [0.05, 0.1) is 0 Å². The fraction of sp³-hybridized carbons (Fsp3) is 0.211. The number of halogens is 1. The Kier molecular flexibility index (Phi) is 6.00. The molecule has 1 aromatic heterocycles. The number of hydrogen-bond donors (Lipinski definition) is 1. The number of carbonyl (C=O) groups excluding carboxylic acids is 1. The lowest BCUT2D eigenvalue weighted by molar-refractivity contribution is 0.102. The minimum Gasteiger partial charge on any atom is -0.296 e. The van der Waals surface area contributed by atoms with E-state index in [2.05, 4.69) is 53.6 Å². The fourth-order valence-electron chi connectivity index (χ4n) is 2.26. The molecule has 0 atom stereocenters. The maximum absolute atomic E-state index is 13.2. The van der Waals surface area contributed by atoms with Crippen molar-refractivity contribution < 1.29 is 9.18 Å². The molecule has 0 fully saturated rings. The molecule has 0 aliphatic rings. The quantitative estimate of drug-likeness (QED) is 0.458. The summed E-state index contributed by atoms with van der Waals surface area (Å²) in [6.45, 7) is 4.34. The van der Waals surface area contributed by atoms with Gasteiger partial charge in [-0.3, -0.25) is 10.1 Å². The number of carbonyl (C=O) groups is 1. The molecule has 0 bridgehead atoms. The molecule has 1 heterocycles. The van der Waals surface area contributed by atoms with Crippen LogP contribution < -0.4 is 5.32 Å². The van der Waals surface area contributed by atoms with Crippen LogP contribution in [-0.2, 0) is 5.75 Å². The van der Waals surface area contributed by atoms with Gasteiger partial charge in [0.2, 0.25) is 5.13 Å². The smallest absolute Gasteiger partial charge is 0.257 e. The molecule has 0 spiro atoms. The SMILES string of the molecule is CC(C)c1ccc(CSc2nnc(NC(=O)c3cccc(F)c3)s2)cc1. The molecular formula is C19H18FN3OS2. The third kappa shape index (κ3) is 4.89. The number of nitrogens with zero attached hydrogens (tertiary/aromatic N) is 2. The number of benzene rings is 2. The highest BCUT2D eigenvalue weighted by molar-refractivity contribution is 8.00. The molecule has 26 heavy (non-hydrogen) atoms. The zero-order chi connectivity index (χ0) is 18.5. The first kappa shape index (κ1) is 18.5. The van der Waals surface area contributed by atoms with Crippen molar-refractivity contribution >= 4 is 34.1 Å². The normalized spacial score (nSPS) is 10.9. The molecule has 0 radical (unpaired) electrons. The molecule has 0 unspecified atom stereocenters. The van der Waals surface area contributed by atoms with Crippen LogP contribution in [-0.4, -0.2) is 16.1 Å². The van der Waals surface area contributed by atoms with Gasteiger partial charge in [-0.25, -0.2) is 4.39 Å². The molecule has 2 aromatic carbocycles. The predicted octanol–water partition coefficient (Wildman–Crippen LogP) is 5.35. The van der Waals surface area contributed by atoms with Gasteiger partial charge in [0.15, 0.2) is 4.34 Å². The summed E-state index contributed by atoms with van der Waals surface area (Å²) in [4.78, 5) is 12.1. The first-order valence-corrected chi connectivity index (χ1v) is 9.93. The molecule has 0 aliphatic heterocycles. The Morgan fingerprint density at radius 1 is 1.19 bits per heavy atom. The molecule has 1 amide bonds. The van der Waals surface area contributed by atoms with E-state index in [0.717, 1.165) is 10.1 Å². The summed E-state index contributed by atoms with van der Waals surface area (Å²) in [6.07, 6.45) is 0. The second kappa shape index (κ2) is 8.42. The topological polar surface area (TPSA) is 54.9 Å². The van der Waals surface area contributed by atoms with Gasteiger partial charge < -0.3 is 0 Å². The van der Waals surface area contributed by atoms with E-state index in [1.54, 1.807) is 17.8 Å². The van der Waals surface area contributed by atoms with E-state index in [1.807, 2.05) is 0 Å². The largest absolute Gasteiger partial charge is 0.296 e.